The molecule has 32 heavy (non-hydrogen) atoms. The Balaban J connectivity index is 1.47. The van der Waals surface area contributed by atoms with E-state index in [1.54, 1.807) is 42.5 Å². The fourth-order valence-electron chi connectivity index (χ4n) is 3.45. The quantitative estimate of drug-likeness (QED) is 0.405. The Labute approximate surface area is 183 Å². The number of carboxylic acids is 1. The summed E-state index contributed by atoms with van der Waals surface area (Å²) in [6.07, 6.45) is -1.32. The van der Waals surface area contributed by atoms with Crippen LogP contribution in [0.1, 0.15) is 23.7 Å². The van der Waals surface area contributed by atoms with Crippen molar-refractivity contribution in [2.24, 2.45) is 0 Å². The molecule has 0 aliphatic rings. The molecule has 1 aromatic heterocycles. The van der Waals surface area contributed by atoms with E-state index in [-0.39, 0.29) is 6.42 Å². The zero-order valence-electron chi connectivity index (χ0n) is 17.3. The third-order valence-corrected chi connectivity index (χ3v) is 5.13. The third kappa shape index (κ3) is 4.46. The van der Waals surface area contributed by atoms with Crippen molar-refractivity contribution >= 4 is 39.6 Å². The molecule has 0 saturated heterocycles. The first-order valence-corrected chi connectivity index (χ1v) is 10.1. The lowest BCUT2D eigenvalue weighted by Gasteiger charge is -2.18. The highest BCUT2D eigenvalue weighted by Crippen LogP contribution is 2.29. The number of rotatable bonds is 8. The normalized spacial score (nSPS) is 12.9. The smallest absolute Gasteiger partial charge is 0.326 e. The number of aliphatic carboxylic acids is 1. The zero-order chi connectivity index (χ0) is 22.7. The Morgan fingerprint density at radius 1 is 0.938 bits per heavy atom. The average Bonchev–Trinajstić information content (AvgIpc) is 3.17. The predicted molar refractivity (Wildman–Crippen MR) is 119 cm³/mol. The van der Waals surface area contributed by atoms with Gasteiger partial charge in [-0.1, -0.05) is 36.4 Å². The van der Waals surface area contributed by atoms with Crippen molar-refractivity contribution < 1.29 is 28.6 Å². The van der Waals surface area contributed by atoms with E-state index in [2.05, 4.69) is 5.32 Å². The second kappa shape index (κ2) is 8.93. The number of Topliss-reactive ketones (excluding diaryl/α,β-unsaturated/α-hetero) is 1. The molecule has 3 aromatic carbocycles. The minimum absolute atomic E-state index is 0.345. The molecule has 0 spiro atoms. The van der Waals surface area contributed by atoms with Crippen LogP contribution in [0.15, 0.2) is 77.2 Å². The number of fused-ring (bicyclic) bond motifs is 3. The fraction of sp³-hybridized carbons (Fsp3) is 0.160. The first-order valence-electron chi connectivity index (χ1n) is 10.1. The van der Waals surface area contributed by atoms with Gasteiger partial charge in [-0.15, -0.1) is 0 Å². The number of benzene rings is 3. The second-order valence-corrected chi connectivity index (χ2v) is 7.41. The van der Waals surface area contributed by atoms with Crippen molar-refractivity contribution in [1.82, 2.24) is 5.32 Å². The molecular weight excluding hydrogens is 410 g/mol. The molecule has 4 aromatic rings. The van der Waals surface area contributed by atoms with Gasteiger partial charge in [0.2, 0.25) is 0 Å². The summed E-state index contributed by atoms with van der Waals surface area (Å²) in [5, 5.41) is 13.6. The number of para-hydroxylation sites is 2. The Hall–Kier alpha value is -4.13. The van der Waals surface area contributed by atoms with Gasteiger partial charge in [0.1, 0.15) is 23.0 Å². The van der Waals surface area contributed by atoms with Gasteiger partial charge in [0.05, 0.1) is 0 Å². The maximum Gasteiger partial charge on any atom is 0.326 e. The van der Waals surface area contributed by atoms with Gasteiger partial charge in [-0.2, -0.15) is 0 Å². The second-order valence-electron chi connectivity index (χ2n) is 7.41. The zero-order valence-corrected chi connectivity index (χ0v) is 17.3. The molecule has 0 bridgehead atoms. The van der Waals surface area contributed by atoms with E-state index in [1.165, 1.54) is 6.92 Å². The van der Waals surface area contributed by atoms with Gasteiger partial charge in [-0.25, -0.2) is 4.79 Å². The number of ketones is 1. The number of nitrogens with one attached hydrogen (secondary N) is 1. The van der Waals surface area contributed by atoms with Gasteiger partial charge in [0.25, 0.3) is 5.91 Å². The van der Waals surface area contributed by atoms with Gasteiger partial charge in [0.15, 0.2) is 11.9 Å². The van der Waals surface area contributed by atoms with Crippen molar-refractivity contribution in [3.63, 3.8) is 0 Å². The highest BCUT2D eigenvalue weighted by molar-refractivity contribution is 6.09. The molecule has 2 atom stereocenters. The van der Waals surface area contributed by atoms with Crippen LogP contribution in [0.5, 0.6) is 5.75 Å². The number of carbonyl (C=O) groups is 3. The summed E-state index contributed by atoms with van der Waals surface area (Å²) in [6, 6.07) is 19.8. The minimum Gasteiger partial charge on any atom is -0.481 e. The number of hydrogen-bond donors (Lipinski definition) is 2. The van der Waals surface area contributed by atoms with Gasteiger partial charge in [-0.05, 0) is 43.3 Å². The maximum absolute atomic E-state index is 12.8. The molecule has 2 N–H and O–H groups in total. The lowest BCUT2D eigenvalue weighted by Crippen LogP contribution is -2.47. The van der Waals surface area contributed by atoms with Crippen LogP contribution in [-0.4, -0.2) is 34.9 Å². The number of furan rings is 1. The SMILES string of the molecule is CC(Oc1ccccc1)C(=O)NC(CC(=O)c1ccc2oc3ccccc3c2c1)C(=O)O. The topological polar surface area (TPSA) is 106 Å². The summed E-state index contributed by atoms with van der Waals surface area (Å²) in [4.78, 5) is 37.0. The van der Waals surface area contributed by atoms with E-state index in [0.29, 0.717) is 22.5 Å². The molecule has 1 amide bonds. The van der Waals surface area contributed by atoms with E-state index in [1.807, 2.05) is 30.3 Å². The fourth-order valence-corrected chi connectivity index (χ4v) is 3.45. The lowest BCUT2D eigenvalue weighted by atomic mass is 10.0. The minimum atomic E-state index is -1.38. The summed E-state index contributed by atoms with van der Waals surface area (Å²) >= 11 is 0. The largest absolute Gasteiger partial charge is 0.481 e. The van der Waals surface area contributed by atoms with Crippen molar-refractivity contribution in [2.75, 3.05) is 0 Å². The van der Waals surface area contributed by atoms with Gasteiger partial charge in [-0.3, -0.25) is 9.59 Å². The number of ether oxygens (including phenoxy) is 1. The molecule has 0 fully saturated rings. The molecule has 0 aliphatic carbocycles. The molecule has 4 rings (SSSR count). The number of carbonyl (C=O) groups excluding carboxylic acids is 2. The van der Waals surface area contributed by atoms with E-state index >= 15 is 0 Å². The highest BCUT2D eigenvalue weighted by Gasteiger charge is 2.27. The Morgan fingerprint density at radius 2 is 1.62 bits per heavy atom. The monoisotopic (exact) mass is 431 g/mol. The van der Waals surface area contributed by atoms with Crippen LogP contribution in [0.4, 0.5) is 0 Å². The first-order chi connectivity index (χ1) is 15.4. The van der Waals surface area contributed by atoms with Gasteiger partial charge < -0.3 is 19.6 Å². The molecule has 162 valence electrons. The summed E-state index contributed by atoms with van der Waals surface area (Å²) in [5.74, 6) is -1.83. The maximum atomic E-state index is 12.8. The van der Waals surface area contributed by atoms with Crippen LogP contribution < -0.4 is 10.1 Å². The lowest BCUT2D eigenvalue weighted by molar-refractivity contribution is -0.142. The summed E-state index contributed by atoms with van der Waals surface area (Å²) in [5.41, 5.74) is 1.69. The predicted octanol–water partition coefficient (Wildman–Crippen LogP) is 4.20. The molecule has 7 nitrogen and oxygen atoms in total. The Kier molecular flexibility index (Phi) is 5.89. The van der Waals surface area contributed by atoms with Crippen molar-refractivity contribution in [2.45, 2.75) is 25.5 Å². The molecule has 0 aliphatic heterocycles. The standard InChI is InChI=1S/C25H21NO6/c1-15(31-17-7-3-2-4-8-17)24(28)26-20(25(29)30)14-21(27)16-11-12-23-19(13-16)18-9-5-6-10-22(18)32-23/h2-13,15,20H,14H2,1H3,(H,26,28)(H,29,30). The molecule has 1 heterocycles. The molecule has 7 heteroatoms. The first kappa shape index (κ1) is 21.1. The van der Waals surface area contributed by atoms with Crippen molar-refractivity contribution in [3.05, 3.63) is 78.4 Å². The van der Waals surface area contributed by atoms with Crippen LogP contribution in [0.25, 0.3) is 21.9 Å². The van der Waals surface area contributed by atoms with Crippen LogP contribution in [-0.2, 0) is 9.59 Å². The average molecular weight is 431 g/mol. The van der Waals surface area contributed by atoms with E-state index in [4.69, 9.17) is 9.15 Å². The van der Waals surface area contributed by atoms with Crippen LogP contribution in [0.3, 0.4) is 0 Å². The molecule has 2 unspecified atom stereocenters. The molecule has 0 radical (unpaired) electrons. The Bertz CT molecular complexity index is 1290. The molecule has 0 saturated carbocycles. The van der Waals surface area contributed by atoms with E-state index in [9.17, 15) is 19.5 Å². The van der Waals surface area contributed by atoms with Crippen LogP contribution in [0.2, 0.25) is 0 Å². The molecular formula is C25H21NO6. The van der Waals surface area contributed by atoms with E-state index in [0.717, 1.165) is 10.8 Å². The highest BCUT2D eigenvalue weighted by atomic mass is 16.5. The summed E-state index contributed by atoms with van der Waals surface area (Å²) < 4.78 is 11.3. The van der Waals surface area contributed by atoms with Gasteiger partial charge >= 0.3 is 5.97 Å². The summed E-state index contributed by atoms with van der Waals surface area (Å²) in [6.45, 7) is 1.51. The number of hydrogen-bond acceptors (Lipinski definition) is 5. The van der Waals surface area contributed by atoms with Crippen LogP contribution in [0, 0.1) is 0 Å². The Morgan fingerprint density at radius 3 is 2.38 bits per heavy atom. The summed E-state index contributed by atoms with van der Waals surface area (Å²) in [7, 11) is 0. The number of carboxylic acid groups (broad SMARTS) is 1. The van der Waals surface area contributed by atoms with Gasteiger partial charge in [0, 0.05) is 22.8 Å². The third-order valence-electron chi connectivity index (χ3n) is 5.13. The van der Waals surface area contributed by atoms with Crippen LogP contribution >= 0.6 is 0 Å². The van der Waals surface area contributed by atoms with Crippen molar-refractivity contribution in [1.29, 1.82) is 0 Å². The number of amides is 1. The van der Waals surface area contributed by atoms with E-state index < -0.39 is 29.8 Å². The van der Waals surface area contributed by atoms with Crippen molar-refractivity contribution in [3.8, 4) is 5.75 Å².